The van der Waals surface area contributed by atoms with Gasteiger partial charge < -0.3 is 21.1 Å². The quantitative estimate of drug-likeness (QED) is 0.517. The first-order valence-electron chi connectivity index (χ1n) is 6.09. The SMILES string of the molecule is CCOc1cc(C(=O)NCCNC(C)=O)ccc1N. The van der Waals surface area contributed by atoms with Crippen molar-refractivity contribution in [2.45, 2.75) is 13.8 Å². The van der Waals surface area contributed by atoms with E-state index < -0.39 is 0 Å². The molecule has 1 rings (SSSR count). The highest BCUT2D eigenvalue weighted by Crippen LogP contribution is 2.22. The molecule has 6 heteroatoms. The maximum Gasteiger partial charge on any atom is 0.251 e. The van der Waals surface area contributed by atoms with Crippen molar-refractivity contribution in [2.75, 3.05) is 25.4 Å². The third-order valence-electron chi connectivity index (χ3n) is 2.36. The standard InChI is InChI=1S/C13H19N3O3/c1-3-19-12-8-10(4-5-11(12)14)13(18)16-7-6-15-9(2)17/h4-5,8H,3,6-7,14H2,1-2H3,(H,15,17)(H,16,18). The van der Waals surface area contributed by atoms with Crippen LogP contribution in [0.2, 0.25) is 0 Å². The summed E-state index contributed by atoms with van der Waals surface area (Å²) >= 11 is 0. The molecular weight excluding hydrogens is 246 g/mol. The summed E-state index contributed by atoms with van der Waals surface area (Å²) in [6.45, 7) is 4.52. The fraction of sp³-hybridized carbons (Fsp3) is 0.385. The molecule has 0 bridgehead atoms. The second-order valence-electron chi connectivity index (χ2n) is 3.92. The second kappa shape index (κ2) is 7.25. The minimum atomic E-state index is -0.230. The van der Waals surface area contributed by atoms with E-state index in [1.807, 2.05) is 6.92 Å². The summed E-state index contributed by atoms with van der Waals surface area (Å²) in [6, 6.07) is 4.87. The van der Waals surface area contributed by atoms with Gasteiger partial charge in [0, 0.05) is 25.6 Å². The molecule has 0 aliphatic heterocycles. The van der Waals surface area contributed by atoms with Crippen LogP contribution in [-0.4, -0.2) is 31.5 Å². The third-order valence-corrected chi connectivity index (χ3v) is 2.36. The lowest BCUT2D eigenvalue weighted by atomic mass is 10.2. The van der Waals surface area contributed by atoms with Gasteiger partial charge in [0.25, 0.3) is 5.91 Å². The van der Waals surface area contributed by atoms with Crippen LogP contribution >= 0.6 is 0 Å². The number of amides is 2. The van der Waals surface area contributed by atoms with Crippen molar-refractivity contribution >= 4 is 17.5 Å². The molecule has 19 heavy (non-hydrogen) atoms. The van der Waals surface area contributed by atoms with E-state index in [1.54, 1.807) is 18.2 Å². The molecule has 0 spiro atoms. The number of carbonyl (C=O) groups excluding carboxylic acids is 2. The van der Waals surface area contributed by atoms with Crippen LogP contribution in [0.25, 0.3) is 0 Å². The Morgan fingerprint density at radius 2 is 1.95 bits per heavy atom. The van der Waals surface area contributed by atoms with Crippen molar-refractivity contribution < 1.29 is 14.3 Å². The molecule has 2 amide bonds. The van der Waals surface area contributed by atoms with Gasteiger partial charge in [-0.1, -0.05) is 0 Å². The molecule has 0 aliphatic rings. The van der Waals surface area contributed by atoms with Crippen LogP contribution in [0.5, 0.6) is 5.75 Å². The van der Waals surface area contributed by atoms with Crippen LogP contribution < -0.4 is 21.1 Å². The first kappa shape index (κ1) is 14.8. The molecule has 6 nitrogen and oxygen atoms in total. The van der Waals surface area contributed by atoms with E-state index in [1.165, 1.54) is 6.92 Å². The number of hydrogen-bond donors (Lipinski definition) is 3. The fourth-order valence-electron chi connectivity index (χ4n) is 1.47. The van der Waals surface area contributed by atoms with Crippen LogP contribution in [0.3, 0.4) is 0 Å². The largest absolute Gasteiger partial charge is 0.492 e. The summed E-state index contributed by atoms with van der Waals surface area (Å²) in [7, 11) is 0. The topological polar surface area (TPSA) is 93.5 Å². The van der Waals surface area contributed by atoms with Crippen molar-refractivity contribution in [3.05, 3.63) is 23.8 Å². The Bertz CT molecular complexity index is 460. The van der Waals surface area contributed by atoms with Crippen LogP contribution in [0.1, 0.15) is 24.2 Å². The molecule has 0 aliphatic carbocycles. The molecular formula is C13H19N3O3. The first-order chi connectivity index (χ1) is 9.04. The van der Waals surface area contributed by atoms with Crippen molar-refractivity contribution in [2.24, 2.45) is 0 Å². The summed E-state index contributed by atoms with van der Waals surface area (Å²) in [5.74, 6) is 0.142. The van der Waals surface area contributed by atoms with Gasteiger partial charge in [-0.3, -0.25) is 9.59 Å². The zero-order valence-corrected chi connectivity index (χ0v) is 11.2. The van der Waals surface area contributed by atoms with Crippen molar-refractivity contribution in [3.63, 3.8) is 0 Å². The summed E-state index contributed by atoms with van der Waals surface area (Å²) in [5, 5.41) is 5.29. The lowest BCUT2D eigenvalue weighted by Gasteiger charge is -2.10. The number of nitrogens with two attached hydrogens (primary N) is 1. The predicted molar refractivity (Wildman–Crippen MR) is 73.0 cm³/mol. The lowest BCUT2D eigenvalue weighted by Crippen LogP contribution is -2.33. The normalized spacial score (nSPS) is 9.79. The smallest absolute Gasteiger partial charge is 0.251 e. The Morgan fingerprint density at radius 1 is 1.26 bits per heavy atom. The van der Waals surface area contributed by atoms with Crippen molar-refractivity contribution in [1.82, 2.24) is 10.6 Å². The van der Waals surface area contributed by atoms with Gasteiger partial charge in [-0.05, 0) is 25.1 Å². The highest BCUT2D eigenvalue weighted by atomic mass is 16.5. The predicted octanol–water partition coefficient (Wildman–Crippen LogP) is 0.533. The summed E-state index contributed by atoms with van der Waals surface area (Å²) in [4.78, 5) is 22.5. The molecule has 0 saturated carbocycles. The van der Waals surface area contributed by atoms with E-state index in [4.69, 9.17) is 10.5 Å². The van der Waals surface area contributed by atoms with Crippen LogP contribution in [0.4, 0.5) is 5.69 Å². The Kier molecular flexibility index (Phi) is 5.66. The molecule has 0 aromatic heterocycles. The monoisotopic (exact) mass is 265 g/mol. The van der Waals surface area contributed by atoms with Crippen LogP contribution in [0, 0.1) is 0 Å². The molecule has 0 unspecified atom stereocenters. The van der Waals surface area contributed by atoms with Gasteiger partial charge in [-0.15, -0.1) is 0 Å². The molecule has 1 aromatic rings. The van der Waals surface area contributed by atoms with Gasteiger partial charge in [0.2, 0.25) is 5.91 Å². The second-order valence-corrected chi connectivity index (χ2v) is 3.92. The Labute approximate surface area is 112 Å². The van der Waals surface area contributed by atoms with E-state index >= 15 is 0 Å². The highest BCUT2D eigenvalue weighted by Gasteiger charge is 2.08. The molecule has 0 atom stereocenters. The Hall–Kier alpha value is -2.24. The van der Waals surface area contributed by atoms with E-state index in [0.29, 0.717) is 36.7 Å². The third kappa shape index (κ3) is 4.87. The number of anilines is 1. The fourth-order valence-corrected chi connectivity index (χ4v) is 1.47. The van der Waals surface area contributed by atoms with Gasteiger partial charge in [0.15, 0.2) is 0 Å². The summed E-state index contributed by atoms with van der Waals surface area (Å²) in [6.07, 6.45) is 0. The van der Waals surface area contributed by atoms with Crippen LogP contribution in [0.15, 0.2) is 18.2 Å². The molecule has 1 aromatic carbocycles. The van der Waals surface area contributed by atoms with E-state index in [-0.39, 0.29) is 11.8 Å². The molecule has 104 valence electrons. The van der Waals surface area contributed by atoms with Gasteiger partial charge >= 0.3 is 0 Å². The van der Waals surface area contributed by atoms with E-state index in [0.717, 1.165) is 0 Å². The number of ether oxygens (including phenoxy) is 1. The van der Waals surface area contributed by atoms with E-state index in [2.05, 4.69) is 10.6 Å². The number of nitrogen functional groups attached to an aromatic ring is 1. The molecule has 0 heterocycles. The molecule has 0 saturated heterocycles. The summed E-state index contributed by atoms with van der Waals surface area (Å²) in [5.41, 5.74) is 6.70. The van der Waals surface area contributed by atoms with Gasteiger partial charge in [0.1, 0.15) is 5.75 Å². The van der Waals surface area contributed by atoms with Crippen LogP contribution in [-0.2, 0) is 4.79 Å². The number of nitrogens with one attached hydrogen (secondary N) is 2. The average molecular weight is 265 g/mol. The number of hydrogen-bond acceptors (Lipinski definition) is 4. The Morgan fingerprint density at radius 3 is 2.58 bits per heavy atom. The average Bonchev–Trinajstić information content (AvgIpc) is 2.37. The minimum absolute atomic E-state index is 0.125. The minimum Gasteiger partial charge on any atom is -0.492 e. The van der Waals surface area contributed by atoms with Gasteiger partial charge in [0.05, 0.1) is 12.3 Å². The van der Waals surface area contributed by atoms with E-state index in [9.17, 15) is 9.59 Å². The first-order valence-corrected chi connectivity index (χ1v) is 6.09. The van der Waals surface area contributed by atoms with Crippen molar-refractivity contribution in [3.8, 4) is 5.75 Å². The number of rotatable bonds is 6. The molecule has 4 N–H and O–H groups in total. The number of benzene rings is 1. The maximum atomic E-state index is 11.8. The Balaban J connectivity index is 2.56. The van der Waals surface area contributed by atoms with Crippen molar-refractivity contribution in [1.29, 1.82) is 0 Å². The lowest BCUT2D eigenvalue weighted by molar-refractivity contribution is -0.118. The van der Waals surface area contributed by atoms with Gasteiger partial charge in [-0.25, -0.2) is 0 Å². The number of carbonyl (C=O) groups is 2. The molecule has 0 radical (unpaired) electrons. The highest BCUT2D eigenvalue weighted by molar-refractivity contribution is 5.95. The summed E-state index contributed by atoms with van der Waals surface area (Å²) < 4.78 is 5.32. The maximum absolute atomic E-state index is 11.8. The van der Waals surface area contributed by atoms with Gasteiger partial charge in [-0.2, -0.15) is 0 Å². The zero-order valence-electron chi connectivity index (χ0n) is 11.2. The molecule has 0 fully saturated rings. The zero-order chi connectivity index (χ0) is 14.3.